The number of ether oxygens (including phenoxy) is 3. The van der Waals surface area contributed by atoms with Gasteiger partial charge in [-0.2, -0.15) is 0 Å². The maximum atomic E-state index is 13.9. The Morgan fingerprint density at radius 2 is 1.68 bits per heavy atom. The first kappa shape index (κ1) is 17.4. The van der Waals surface area contributed by atoms with E-state index in [0.29, 0.717) is 4.90 Å². The Morgan fingerprint density at radius 3 is 2.12 bits per heavy atom. The number of fused-ring (bicyclic) bond motifs is 1. The maximum absolute atomic E-state index is 13.9. The highest BCUT2D eigenvalue weighted by Gasteiger charge is 2.50. The topological polar surface area (TPSA) is 82.1 Å². The van der Waals surface area contributed by atoms with Crippen LogP contribution in [-0.2, 0) is 19.0 Å². The Hall–Kier alpha value is -2.39. The second kappa shape index (κ2) is 6.16. The van der Waals surface area contributed by atoms with Crippen molar-refractivity contribution in [3.8, 4) is 0 Å². The molecule has 0 aliphatic carbocycles. The summed E-state index contributed by atoms with van der Waals surface area (Å²) in [5.74, 6) is -7.42. The summed E-state index contributed by atoms with van der Waals surface area (Å²) in [7, 11) is 1.13. The van der Waals surface area contributed by atoms with Crippen molar-refractivity contribution >= 4 is 17.8 Å². The molecule has 1 aromatic carbocycles. The van der Waals surface area contributed by atoms with Gasteiger partial charge in [-0.25, -0.2) is 8.78 Å². The first-order chi connectivity index (χ1) is 11.8. The summed E-state index contributed by atoms with van der Waals surface area (Å²) in [5.41, 5.74) is -1.29. The minimum Gasteiger partial charge on any atom is -0.469 e. The Balaban J connectivity index is 1.95. The van der Waals surface area contributed by atoms with Gasteiger partial charge in [-0.15, -0.1) is 0 Å². The van der Waals surface area contributed by atoms with Crippen LogP contribution in [0.2, 0.25) is 0 Å². The van der Waals surface area contributed by atoms with Crippen LogP contribution >= 0.6 is 0 Å². The second-order valence-corrected chi connectivity index (χ2v) is 5.79. The summed E-state index contributed by atoms with van der Waals surface area (Å²) < 4.78 is 43.3. The van der Waals surface area contributed by atoms with Gasteiger partial charge in [0.05, 0.1) is 31.5 Å². The van der Waals surface area contributed by atoms with Crippen molar-refractivity contribution < 1.29 is 37.4 Å². The number of imide groups is 1. The molecule has 1 fully saturated rings. The van der Waals surface area contributed by atoms with Crippen LogP contribution in [0.25, 0.3) is 0 Å². The minimum absolute atomic E-state index is 0.218. The molecule has 1 atom stereocenters. The van der Waals surface area contributed by atoms with E-state index < -0.39 is 58.8 Å². The summed E-state index contributed by atoms with van der Waals surface area (Å²) in [4.78, 5) is 37.6. The standard InChI is InChI=1S/C16H15F2NO6/c1-16(24-5-6-25-16)8(15(22)23-2)7-19-13(20)11-9(17)3-4-10(18)12(11)14(19)21/h3-4,8H,5-7H2,1-2H3. The van der Waals surface area contributed by atoms with Crippen molar-refractivity contribution in [1.82, 2.24) is 4.90 Å². The highest BCUT2D eigenvalue weighted by atomic mass is 19.1. The Bertz CT molecular complexity index is 718. The molecule has 1 aromatic rings. The number of carbonyl (C=O) groups excluding carboxylic acids is 3. The predicted molar refractivity (Wildman–Crippen MR) is 77.5 cm³/mol. The Kier molecular flexibility index (Phi) is 4.29. The molecule has 7 nitrogen and oxygen atoms in total. The molecule has 2 aliphatic heterocycles. The Labute approximate surface area is 141 Å². The fourth-order valence-electron chi connectivity index (χ4n) is 3.01. The van der Waals surface area contributed by atoms with E-state index in [1.807, 2.05) is 0 Å². The lowest BCUT2D eigenvalue weighted by atomic mass is 9.99. The van der Waals surface area contributed by atoms with Crippen molar-refractivity contribution in [2.24, 2.45) is 5.92 Å². The molecular formula is C16H15F2NO6. The molecular weight excluding hydrogens is 340 g/mol. The van der Waals surface area contributed by atoms with Crippen LogP contribution < -0.4 is 0 Å². The van der Waals surface area contributed by atoms with E-state index in [2.05, 4.69) is 0 Å². The van der Waals surface area contributed by atoms with Crippen LogP contribution in [0, 0.1) is 17.6 Å². The zero-order valence-electron chi connectivity index (χ0n) is 13.5. The maximum Gasteiger partial charge on any atom is 0.315 e. The van der Waals surface area contributed by atoms with E-state index in [4.69, 9.17) is 14.2 Å². The molecule has 2 aliphatic rings. The van der Waals surface area contributed by atoms with E-state index in [1.165, 1.54) is 6.92 Å². The van der Waals surface area contributed by atoms with Crippen molar-refractivity contribution in [1.29, 1.82) is 0 Å². The highest BCUT2D eigenvalue weighted by molar-refractivity contribution is 6.21. The fourth-order valence-corrected chi connectivity index (χ4v) is 3.01. The predicted octanol–water partition coefficient (Wildman–Crippen LogP) is 1.11. The number of nitrogens with zero attached hydrogens (tertiary/aromatic N) is 1. The number of carbonyl (C=O) groups is 3. The summed E-state index contributed by atoms with van der Waals surface area (Å²) in [5, 5.41) is 0. The largest absolute Gasteiger partial charge is 0.469 e. The number of rotatable bonds is 4. The van der Waals surface area contributed by atoms with Crippen LogP contribution in [0.5, 0.6) is 0 Å². The molecule has 0 aromatic heterocycles. The average Bonchev–Trinajstić information content (AvgIpc) is 3.12. The third-order valence-electron chi connectivity index (χ3n) is 4.37. The summed E-state index contributed by atoms with van der Waals surface area (Å²) in [6.07, 6.45) is 0. The zero-order valence-corrected chi connectivity index (χ0v) is 13.5. The van der Waals surface area contributed by atoms with E-state index in [0.717, 1.165) is 19.2 Å². The number of esters is 1. The molecule has 0 N–H and O–H groups in total. The monoisotopic (exact) mass is 355 g/mol. The van der Waals surface area contributed by atoms with Gasteiger partial charge in [0.25, 0.3) is 11.8 Å². The van der Waals surface area contributed by atoms with Gasteiger partial charge in [0, 0.05) is 6.54 Å². The fraction of sp³-hybridized carbons (Fsp3) is 0.438. The van der Waals surface area contributed by atoms with Gasteiger partial charge in [-0.3, -0.25) is 19.3 Å². The van der Waals surface area contributed by atoms with Crippen molar-refractivity contribution in [3.05, 3.63) is 34.9 Å². The molecule has 134 valence electrons. The summed E-state index contributed by atoms with van der Waals surface area (Å²) in [6, 6.07) is 1.54. The molecule has 9 heteroatoms. The van der Waals surface area contributed by atoms with Crippen molar-refractivity contribution in [3.63, 3.8) is 0 Å². The molecule has 2 heterocycles. The first-order valence-corrected chi connectivity index (χ1v) is 7.50. The zero-order chi connectivity index (χ0) is 18.4. The van der Waals surface area contributed by atoms with Gasteiger partial charge in [0.15, 0.2) is 5.79 Å². The van der Waals surface area contributed by atoms with Gasteiger partial charge in [0.1, 0.15) is 17.6 Å². The SMILES string of the molecule is COC(=O)C(CN1C(=O)c2c(F)ccc(F)c2C1=O)C1(C)OCCO1. The van der Waals surface area contributed by atoms with Crippen LogP contribution in [0.3, 0.4) is 0 Å². The molecule has 1 saturated heterocycles. The van der Waals surface area contributed by atoms with Crippen LogP contribution in [0.15, 0.2) is 12.1 Å². The normalized spacial score (nSPS) is 19.9. The molecule has 0 bridgehead atoms. The van der Waals surface area contributed by atoms with Crippen molar-refractivity contribution in [2.75, 3.05) is 26.9 Å². The molecule has 1 unspecified atom stereocenters. The number of halogens is 2. The molecule has 25 heavy (non-hydrogen) atoms. The van der Waals surface area contributed by atoms with Crippen LogP contribution in [-0.4, -0.2) is 55.3 Å². The molecule has 2 amide bonds. The molecule has 3 rings (SSSR count). The Morgan fingerprint density at radius 1 is 1.20 bits per heavy atom. The van der Waals surface area contributed by atoms with E-state index >= 15 is 0 Å². The number of hydrogen-bond donors (Lipinski definition) is 0. The molecule has 0 spiro atoms. The van der Waals surface area contributed by atoms with Crippen LogP contribution in [0.1, 0.15) is 27.6 Å². The lowest BCUT2D eigenvalue weighted by Crippen LogP contribution is -2.49. The van der Waals surface area contributed by atoms with E-state index in [9.17, 15) is 23.2 Å². The number of benzene rings is 1. The van der Waals surface area contributed by atoms with E-state index in [-0.39, 0.29) is 13.2 Å². The average molecular weight is 355 g/mol. The summed E-state index contributed by atoms with van der Waals surface area (Å²) >= 11 is 0. The quantitative estimate of drug-likeness (QED) is 0.595. The first-order valence-electron chi connectivity index (χ1n) is 7.50. The van der Waals surface area contributed by atoms with Gasteiger partial charge in [-0.05, 0) is 19.1 Å². The smallest absolute Gasteiger partial charge is 0.315 e. The minimum atomic E-state index is -1.42. The highest BCUT2D eigenvalue weighted by Crippen LogP contribution is 2.33. The van der Waals surface area contributed by atoms with Gasteiger partial charge in [0.2, 0.25) is 0 Å². The second-order valence-electron chi connectivity index (χ2n) is 5.79. The van der Waals surface area contributed by atoms with Crippen LogP contribution in [0.4, 0.5) is 8.78 Å². The number of hydrogen-bond acceptors (Lipinski definition) is 6. The summed E-state index contributed by atoms with van der Waals surface area (Å²) in [6.45, 7) is 1.42. The molecule has 0 saturated carbocycles. The van der Waals surface area contributed by atoms with Gasteiger partial charge >= 0.3 is 5.97 Å². The third-order valence-corrected chi connectivity index (χ3v) is 4.37. The lowest BCUT2D eigenvalue weighted by Gasteiger charge is -2.32. The van der Waals surface area contributed by atoms with Crippen molar-refractivity contribution in [2.45, 2.75) is 12.7 Å². The molecule has 0 radical (unpaired) electrons. The number of methoxy groups -OCH3 is 1. The van der Waals surface area contributed by atoms with E-state index in [1.54, 1.807) is 0 Å². The third kappa shape index (κ3) is 2.69. The lowest BCUT2D eigenvalue weighted by molar-refractivity contribution is -0.199. The number of amides is 2. The van der Waals surface area contributed by atoms with Gasteiger partial charge < -0.3 is 14.2 Å². The van der Waals surface area contributed by atoms with Gasteiger partial charge in [-0.1, -0.05) is 0 Å².